The smallest absolute Gasteiger partial charge is 0.262 e. The van der Waals surface area contributed by atoms with Gasteiger partial charge in [-0.05, 0) is 42.5 Å². The van der Waals surface area contributed by atoms with Crippen molar-refractivity contribution < 1.29 is 4.79 Å². The third kappa shape index (κ3) is 3.86. The average molecular weight is 413 g/mol. The van der Waals surface area contributed by atoms with E-state index in [0.717, 1.165) is 24.9 Å². The van der Waals surface area contributed by atoms with Crippen molar-refractivity contribution in [2.24, 2.45) is 0 Å². The van der Waals surface area contributed by atoms with Gasteiger partial charge in [0.1, 0.15) is 11.2 Å². The molecular formula is C24H23N5O2. The number of nitrogens with one attached hydrogen (secondary N) is 2. The zero-order valence-electron chi connectivity index (χ0n) is 17.0. The number of benzene rings is 2. The Morgan fingerprint density at radius 3 is 2.81 bits per heavy atom. The molecule has 0 unspecified atom stereocenters. The molecule has 0 radical (unpaired) electrons. The van der Waals surface area contributed by atoms with Crippen LogP contribution in [-0.4, -0.2) is 25.7 Å². The van der Waals surface area contributed by atoms with Crippen LogP contribution in [0.1, 0.15) is 42.3 Å². The first-order valence-corrected chi connectivity index (χ1v) is 10.6. The maximum Gasteiger partial charge on any atom is 0.262 e. The zero-order valence-corrected chi connectivity index (χ0v) is 17.0. The molecule has 1 atom stereocenters. The second kappa shape index (κ2) is 8.18. The molecule has 0 saturated heterocycles. The Kier molecular flexibility index (Phi) is 5.08. The lowest BCUT2D eigenvalue weighted by molar-refractivity contribution is -0.121. The Bertz CT molecular complexity index is 1290. The van der Waals surface area contributed by atoms with Crippen LogP contribution in [-0.2, 0) is 17.6 Å². The first-order chi connectivity index (χ1) is 15.2. The predicted molar refractivity (Wildman–Crippen MR) is 118 cm³/mol. The van der Waals surface area contributed by atoms with E-state index in [0.29, 0.717) is 23.3 Å². The number of carbonyl (C=O) groups is 1. The third-order valence-corrected chi connectivity index (χ3v) is 5.78. The number of carbonyl (C=O) groups excluding carboxylic acids is 1. The molecule has 0 saturated carbocycles. The Labute approximate surface area is 179 Å². The summed E-state index contributed by atoms with van der Waals surface area (Å²) in [6.07, 6.45) is 5.20. The van der Waals surface area contributed by atoms with Crippen molar-refractivity contribution in [3.8, 4) is 5.69 Å². The number of para-hydroxylation sites is 1. The summed E-state index contributed by atoms with van der Waals surface area (Å²) in [7, 11) is 0. The lowest BCUT2D eigenvalue weighted by Crippen LogP contribution is -2.31. The molecule has 5 rings (SSSR count). The van der Waals surface area contributed by atoms with E-state index < -0.39 is 0 Å². The van der Waals surface area contributed by atoms with Gasteiger partial charge < -0.3 is 10.3 Å². The van der Waals surface area contributed by atoms with Crippen LogP contribution in [0.2, 0.25) is 0 Å². The van der Waals surface area contributed by atoms with E-state index in [4.69, 9.17) is 0 Å². The fraction of sp³-hybridized carbons (Fsp3) is 0.250. The van der Waals surface area contributed by atoms with Gasteiger partial charge in [-0.15, -0.1) is 0 Å². The number of hydrogen-bond donors (Lipinski definition) is 2. The molecule has 7 nitrogen and oxygen atoms in total. The number of fused-ring (bicyclic) bond motifs is 2. The van der Waals surface area contributed by atoms with Gasteiger partial charge >= 0.3 is 0 Å². The van der Waals surface area contributed by atoms with Crippen LogP contribution in [0, 0.1) is 0 Å². The van der Waals surface area contributed by atoms with Gasteiger partial charge in [0.2, 0.25) is 5.91 Å². The van der Waals surface area contributed by atoms with Crippen LogP contribution in [0.4, 0.5) is 0 Å². The number of hydrogen-bond acceptors (Lipinski definition) is 4. The third-order valence-electron chi connectivity index (χ3n) is 5.78. The molecule has 1 aliphatic carbocycles. The summed E-state index contributed by atoms with van der Waals surface area (Å²) >= 11 is 0. The van der Waals surface area contributed by atoms with Crippen LogP contribution >= 0.6 is 0 Å². The van der Waals surface area contributed by atoms with Crippen molar-refractivity contribution in [1.29, 1.82) is 0 Å². The number of amides is 1. The summed E-state index contributed by atoms with van der Waals surface area (Å²) in [5.74, 6) is 0.440. The molecule has 0 fully saturated rings. The fourth-order valence-corrected chi connectivity index (χ4v) is 4.24. The van der Waals surface area contributed by atoms with Gasteiger partial charge in [-0.2, -0.15) is 5.10 Å². The van der Waals surface area contributed by atoms with Gasteiger partial charge in [0.25, 0.3) is 5.56 Å². The largest absolute Gasteiger partial charge is 0.349 e. The molecule has 1 amide bonds. The van der Waals surface area contributed by atoms with Gasteiger partial charge in [0, 0.05) is 12.8 Å². The number of aryl methyl sites for hydroxylation is 2. The Morgan fingerprint density at radius 2 is 1.94 bits per heavy atom. The highest BCUT2D eigenvalue weighted by molar-refractivity contribution is 5.77. The summed E-state index contributed by atoms with van der Waals surface area (Å²) in [5.41, 5.74) is 3.59. The molecule has 1 aliphatic rings. The summed E-state index contributed by atoms with van der Waals surface area (Å²) in [6.45, 7) is 0. The van der Waals surface area contributed by atoms with Gasteiger partial charge in [-0.3, -0.25) is 9.59 Å². The summed E-state index contributed by atoms with van der Waals surface area (Å²) < 4.78 is 1.65. The normalized spacial score (nSPS) is 15.5. The highest BCUT2D eigenvalue weighted by Gasteiger charge is 2.21. The van der Waals surface area contributed by atoms with Crippen molar-refractivity contribution in [2.75, 3.05) is 0 Å². The van der Waals surface area contributed by atoms with E-state index in [2.05, 4.69) is 32.5 Å². The van der Waals surface area contributed by atoms with E-state index in [-0.39, 0.29) is 23.9 Å². The number of rotatable bonds is 5. The minimum Gasteiger partial charge on any atom is -0.349 e. The lowest BCUT2D eigenvalue weighted by Gasteiger charge is -2.26. The van der Waals surface area contributed by atoms with Gasteiger partial charge in [0.15, 0.2) is 5.65 Å². The molecule has 2 heterocycles. The SMILES string of the molecule is O=C(CCc1nc2c(cnn2-c2ccccc2)c(=O)[nH]1)N[C@H]1CCCc2ccccc21. The van der Waals surface area contributed by atoms with Crippen molar-refractivity contribution in [3.63, 3.8) is 0 Å². The second-order valence-corrected chi connectivity index (χ2v) is 7.85. The van der Waals surface area contributed by atoms with Crippen LogP contribution in [0.15, 0.2) is 65.6 Å². The summed E-state index contributed by atoms with van der Waals surface area (Å²) in [6, 6.07) is 17.9. The van der Waals surface area contributed by atoms with E-state index >= 15 is 0 Å². The maximum atomic E-state index is 12.6. The Balaban J connectivity index is 1.32. The highest BCUT2D eigenvalue weighted by atomic mass is 16.1. The van der Waals surface area contributed by atoms with E-state index in [1.807, 2.05) is 42.5 Å². The molecule has 7 heteroatoms. The number of aromatic nitrogens is 4. The highest BCUT2D eigenvalue weighted by Crippen LogP contribution is 2.29. The predicted octanol–water partition coefficient (Wildman–Crippen LogP) is 3.24. The van der Waals surface area contributed by atoms with Gasteiger partial charge in [0.05, 0.1) is 17.9 Å². The molecule has 156 valence electrons. The first-order valence-electron chi connectivity index (χ1n) is 10.6. The van der Waals surface area contributed by atoms with Gasteiger partial charge in [-0.1, -0.05) is 42.5 Å². The Hall–Kier alpha value is -3.74. The van der Waals surface area contributed by atoms with Crippen molar-refractivity contribution >= 4 is 16.9 Å². The van der Waals surface area contributed by atoms with Crippen LogP contribution in [0.3, 0.4) is 0 Å². The van der Waals surface area contributed by atoms with Crippen LogP contribution < -0.4 is 10.9 Å². The maximum absolute atomic E-state index is 12.6. The van der Waals surface area contributed by atoms with E-state index in [9.17, 15) is 9.59 Å². The minimum absolute atomic E-state index is 0.0407. The number of aromatic amines is 1. The molecule has 31 heavy (non-hydrogen) atoms. The fourth-order valence-electron chi connectivity index (χ4n) is 4.24. The molecule has 4 aromatic rings. The topological polar surface area (TPSA) is 92.7 Å². The monoisotopic (exact) mass is 413 g/mol. The molecule has 0 bridgehead atoms. The van der Waals surface area contributed by atoms with Crippen molar-refractivity contribution in [1.82, 2.24) is 25.1 Å². The molecule has 0 spiro atoms. The zero-order chi connectivity index (χ0) is 21.2. The number of H-pyrrole nitrogens is 1. The summed E-state index contributed by atoms with van der Waals surface area (Å²) in [5, 5.41) is 7.90. The molecule has 2 aromatic heterocycles. The quantitative estimate of drug-likeness (QED) is 0.525. The first kappa shape index (κ1) is 19.2. The Morgan fingerprint density at radius 1 is 1.13 bits per heavy atom. The van der Waals surface area contributed by atoms with Gasteiger partial charge in [-0.25, -0.2) is 9.67 Å². The number of nitrogens with zero attached hydrogens (tertiary/aromatic N) is 3. The average Bonchev–Trinajstić information content (AvgIpc) is 3.23. The van der Waals surface area contributed by atoms with E-state index in [1.54, 1.807) is 4.68 Å². The van der Waals surface area contributed by atoms with E-state index in [1.165, 1.54) is 17.3 Å². The van der Waals surface area contributed by atoms with Crippen molar-refractivity contribution in [2.45, 2.75) is 38.1 Å². The minimum atomic E-state index is -0.246. The molecule has 0 aliphatic heterocycles. The molecular weight excluding hydrogens is 390 g/mol. The van der Waals surface area contributed by atoms with Crippen LogP contribution in [0.5, 0.6) is 0 Å². The van der Waals surface area contributed by atoms with Crippen molar-refractivity contribution in [3.05, 3.63) is 88.1 Å². The van der Waals surface area contributed by atoms with Crippen LogP contribution in [0.25, 0.3) is 16.7 Å². The lowest BCUT2D eigenvalue weighted by atomic mass is 9.87. The standard InChI is InChI=1S/C24H23N5O2/c30-22(26-20-12-6-8-16-7-4-5-11-18(16)20)14-13-21-27-23-19(24(31)28-21)15-25-29(23)17-9-2-1-3-10-17/h1-5,7,9-11,15,20H,6,8,12-14H2,(H,26,30)(H,27,28,31)/t20-/m0/s1. The summed E-state index contributed by atoms with van der Waals surface area (Å²) in [4.78, 5) is 32.5. The molecule has 2 N–H and O–H groups in total. The second-order valence-electron chi connectivity index (χ2n) is 7.85. The molecule has 2 aromatic carbocycles.